The highest BCUT2D eigenvalue weighted by Gasteiger charge is 2.05. The smallest absolute Gasteiger partial charge is 0.142 e. The van der Waals surface area contributed by atoms with Crippen LogP contribution >= 0.6 is 11.3 Å². The summed E-state index contributed by atoms with van der Waals surface area (Å²) in [5.74, 6) is 0.705. The van der Waals surface area contributed by atoms with Gasteiger partial charge in [0.25, 0.3) is 0 Å². The number of nitrogen functional groups attached to an aromatic ring is 1. The first kappa shape index (κ1) is 13.7. The Balaban J connectivity index is 2.06. The molecule has 2 rings (SSSR count). The Morgan fingerprint density at radius 1 is 1.32 bits per heavy atom. The normalized spacial score (nSPS) is 10.4. The quantitative estimate of drug-likeness (QED) is 0.711. The molecule has 0 aliphatic heterocycles. The number of aliphatic hydroxyl groups is 1. The van der Waals surface area contributed by atoms with Crippen LogP contribution in [0.2, 0.25) is 0 Å². The number of hydrogen-bond acceptors (Lipinski definition) is 5. The molecule has 0 aliphatic carbocycles. The van der Waals surface area contributed by atoms with Crippen LogP contribution < -0.4 is 15.8 Å². The van der Waals surface area contributed by atoms with E-state index in [2.05, 4.69) is 24.4 Å². The zero-order valence-electron chi connectivity index (χ0n) is 10.8. The number of hydrogen-bond donors (Lipinski definition) is 3. The third kappa shape index (κ3) is 3.87. The summed E-state index contributed by atoms with van der Waals surface area (Å²) in [4.78, 5) is 2.55. The summed E-state index contributed by atoms with van der Waals surface area (Å²) in [7, 11) is 0. The van der Waals surface area contributed by atoms with E-state index in [-0.39, 0.29) is 13.2 Å². The molecule has 0 aliphatic rings. The average Bonchev–Trinajstić information content (AvgIpc) is 2.81. The Kier molecular flexibility index (Phi) is 4.65. The van der Waals surface area contributed by atoms with Crippen molar-refractivity contribution in [2.24, 2.45) is 0 Å². The summed E-state index contributed by atoms with van der Waals surface area (Å²) in [5, 5.41) is 12.1. The van der Waals surface area contributed by atoms with E-state index >= 15 is 0 Å². The fourth-order valence-corrected chi connectivity index (χ4v) is 2.56. The van der Waals surface area contributed by atoms with Gasteiger partial charge in [-0.25, -0.2) is 0 Å². The van der Waals surface area contributed by atoms with Crippen molar-refractivity contribution in [1.29, 1.82) is 0 Å². The number of aliphatic hydroxyl groups excluding tert-OH is 1. The van der Waals surface area contributed by atoms with Gasteiger partial charge in [-0.15, -0.1) is 11.3 Å². The van der Waals surface area contributed by atoms with Crippen molar-refractivity contribution in [3.05, 3.63) is 40.1 Å². The number of anilines is 2. The van der Waals surface area contributed by atoms with Crippen molar-refractivity contribution >= 4 is 22.7 Å². The Hall–Kier alpha value is -1.72. The number of nitrogens with two attached hydrogens (primary N) is 1. The third-order valence-electron chi connectivity index (χ3n) is 2.60. The van der Waals surface area contributed by atoms with Crippen LogP contribution in [-0.2, 0) is 6.54 Å². The number of ether oxygens (including phenoxy) is 1. The number of thiophene rings is 1. The summed E-state index contributed by atoms with van der Waals surface area (Å²) >= 11 is 1.76. The van der Waals surface area contributed by atoms with E-state index in [1.165, 1.54) is 9.75 Å². The molecule has 0 atom stereocenters. The molecule has 0 unspecified atom stereocenters. The Bertz CT molecular complexity index is 540. The maximum absolute atomic E-state index is 8.82. The van der Waals surface area contributed by atoms with E-state index < -0.39 is 0 Å². The highest BCUT2D eigenvalue weighted by molar-refractivity contribution is 7.11. The Morgan fingerprint density at radius 2 is 2.16 bits per heavy atom. The highest BCUT2D eigenvalue weighted by atomic mass is 32.1. The fourth-order valence-electron chi connectivity index (χ4n) is 1.73. The lowest BCUT2D eigenvalue weighted by atomic mass is 10.2. The molecule has 1 heterocycles. The number of nitrogens with one attached hydrogen (secondary N) is 1. The van der Waals surface area contributed by atoms with Gasteiger partial charge in [-0.1, -0.05) is 0 Å². The van der Waals surface area contributed by atoms with E-state index in [1.54, 1.807) is 17.4 Å². The standard InChI is InChI=1S/C14H18N2O2S/c1-10-2-4-12(19-10)9-16-13-8-11(15)3-5-14(13)18-7-6-17/h2-5,8,16-17H,6-7,9,15H2,1H3. The molecule has 0 spiro atoms. The van der Waals surface area contributed by atoms with Crippen molar-refractivity contribution in [1.82, 2.24) is 0 Å². The summed E-state index contributed by atoms with van der Waals surface area (Å²) in [6, 6.07) is 9.64. The van der Waals surface area contributed by atoms with Crippen LogP contribution in [0.25, 0.3) is 0 Å². The number of aryl methyl sites for hydroxylation is 1. The van der Waals surface area contributed by atoms with E-state index in [9.17, 15) is 0 Å². The first-order valence-corrected chi connectivity index (χ1v) is 6.93. The number of rotatable bonds is 6. The lowest BCUT2D eigenvalue weighted by molar-refractivity contribution is 0.202. The van der Waals surface area contributed by atoms with Crippen LogP contribution in [0.4, 0.5) is 11.4 Å². The molecular weight excluding hydrogens is 260 g/mol. The molecule has 19 heavy (non-hydrogen) atoms. The molecule has 2 aromatic rings. The lowest BCUT2D eigenvalue weighted by Crippen LogP contribution is -2.06. The van der Waals surface area contributed by atoms with Gasteiger partial charge in [0.05, 0.1) is 12.3 Å². The van der Waals surface area contributed by atoms with Gasteiger partial charge < -0.3 is 20.9 Å². The van der Waals surface area contributed by atoms with Crippen LogP contribution in [0.3, 0.4) is 0 Å². The van der Waals surface area contributed by atoms with Crippen molar-refractivity contribution in [2.45, 2.75) is 13.5 Å². The number of benzene rings is 1. The van der Waals surface area contributed by atoms with E-state index in [0.717, 1.165) is 12.2 Å². The maximum Gasteiger partial charge on any atom is 0.142 e. The molecule has 4 N–H and O–H groups in total. The van der Waals surface area contributed by atoms with Gasteiger partial charge in [0.2, 0.25) is 0 Å². The van der Waals surface area contributed by atoms with Gasteiger partial charge in [0, 0.05) is 22.0 Å². The van der Waals surface area contributed by atoms with Gasteiger partial charge in [0.1, 0.15) is 12.4 Å². The van der Waals surface area contributed by atoms with Gasteiger partial charge in [-0.2, -0.15) is 0 Å². The third-order valence-corrected chi connectivity index (χ3v) is 3.60. The van der Waals surface area contributed by atoms with Crippen LogP contribution in [0.5, 0.6) is 5.75 Å². The molecular formula is C14H18N2O2S. The minimum Gasteiger partial charge on any atom is -0.489 e. The summed E-state index contributed by atoms with van der Waals surface area (Å²) < 4.78 is 5.47. The van der Waals surface area contributed by atoms with E-state index in [0.29, 0.717) is 11.4 Å². The van der Waals surface area contributed by atoms with Gasteiger partial charge >= 0.3 is 0 Å². The summed E-state index contributed by atoms with van der Waals surface area (Å²) in [6.45, 7) is 3.09. The van der Waals surface area contributed by atoms with Crippen LogP contribution in [0.15, 0.2) is 30.3 Å². The second kappa shape index (κ2) is 6.45. The van der Waals surface area contributed by atoms with Crippen molar-refractivity contribution in [3.63, 3.8) is 0 Å². The minimum absolute atomic E-state index is 0.00602. The second-order valence-corrected chi connectivity index (χ2v) is 5.57. The van der Waals surface area contributed by atoms with Gasteiger partial charge in [-0.3, -0.25) is 0 Å². The van der Waals surface area contributed by atoms with Crippen molar-refractivity contribution in [2.75, 3.05) is 24.3 Å². The van der Waals surface area contributed by atoms with Gasteiger partial charge in [0.15, 0.2) is 0 Å². The van der Waals surface area contributed by atoms with Crippen LogP contribution in [-0.4, -0.2) is 18.3 Å². The fraction of sp³-hybridized carbons (Fsp3) is 0.286. The predicted octanol–water partition coefficient (Wildman–Crippen LogP) is 2.62. The molecule has 0 amide bonds. The van der Waals surface area contributed by atoms with E-state index in [1.807, 2.05) is 12.1 Å². The zero-order valence-corrected chi connectivity index (χ0v) is 11.7. The zero-order chi connectivity index (χ0) is 13.7. The highest BCUT2D eigenvalue weighted by Crippen LogP contribution is 2.28. The summed E-state index contributed by atoms with van der Waals surface area (Å²) in [5.41, 5.74) is 7.32. The van der Waals surface area contributed by atoms with Crippen molar-refractivity contribution < 1.29 is 9.84 Å². The predicted molar refractivity (Wildman–Crippen MR) is 79.8 cm³/mol. The van der Waals surface area contributed by atoms with Gasteiger partial charge in [-0.05, 0) is 37.3 Å². The SMILES string of the molecule is Cc1ccc(CNc2cc(N)ccc2OCCO)s1. The molecule has 0 radical (unpaired) electrons. The monoisotopic (exact) mass is 278 g/mol. The molecule has 4 nitrogen and oxygen atoms in total. The van der Waals surface area contributed by atoms with Crippen LogP contribution in [0.1, 0.15) is 9.75 Å². The average molecular weight is 278 g/mol. The molecule has 1 aromatic heterocycles. The molecule has 0 fully saturated rings. The first-order chi connectivity index (χ1) is 9.19. The van der Waals surface area contributed by atoms with Crippen molar-refractivity contribution in [3.8, 4) is 5.75 Å². The molecule has 102 valence electrons. The Morgan fingerprint density at radius 3 is 2.84 bits per heavy atom. The topological polar surface area (TPSA) is 67.5 Å². The summed E-state index contributed by atoms with van der Waals surface area (Å²) in [6.07, 6.45) is 0. The lowest BCUT2D eigenvalue weighted by Gasteiger charge is -2.13. The molecule has 0 saturated heterocycles. The maximum atomic E-state index is 8.82. The van der Waals surface area contributed by atoms with E-state index in [4.69, 9.17) is 15.6 Å². The Labute approximate surface area is 116 Å². The second-order valence-electron chi connectivity index (χ2n) is 4.19. The molecule has 0 bridgehead atoms. The largest absolute Gasteiger partial charge is 0.489 e. The molecule has 0 saturated carbocycles. The molecule has 1 aromatic carbocycles. The first-order valence-electron chi connectivity index (χ1n) is 6.11. The molecule has 5 heteroatoms. The van der Waals surface area contributed by atoms with Crippen LogP contribution in [0, 0.1) is 6.92 Å². The minimum atomic E-state index is -0.00602.